The standard InChI is InChI=1S/C15H18ClN3/c16-10-5-6-11-13(7-8-18-15(11)9-10)19-14-4-2-1-3-12(14)17/h5-9,12,14H,1-4,17H2,(H,18,19)/t12-,14-/m1/s1. The fourth-order valence-electron chi connectivity index (χ4n) is 2.79. The van der Waals surface area contributed by atoms with Crippen molar-refractivity contribution in [3.05, 3.63) is 35.5 Å². The van der Waals surface area contributed by atoms with Crippen LogP contribution in [0.2, 0.25) is 5.02 Å². The molecule has 1 aromatic carbocycles. The number of aromatic nitrogens is 1. The zero-order valence-corrected chi connectivity index (χ0v) is 11.5. The second-order valence-corrected chi connectivity index (χ2v) is 5.66. The topological polar surface area (TPSA) is 50.9 Å². The molecule has 0 spiro atoms. The van der Waals surface area contributed by atoms with Gasteiger partial charge in [0.2, 0.25) is 0 Å². The minimum Gasteiger partial charge on any atom is -0.380 e. The number of hydrogen-bond acceptors (Lipinski definition) is 3. The van der Waals surface area contributed by atoms with Crippen molar-refractivity contribution in [2.75, 3.05) is 5.32 Å². The molecule has 3 rings (SSSR count). The van der Waals surface area contributed by atoms with E-state index in [2.05, 4.69) is 10.3 Å². The van der Waals surface area contributed by atoms with Crippen LogP contribution in [0.15, 0.2) is 30.5 Å². The maximum absolute atomic E-state index is 6.20. The Balaban J connectivity index is 1.92. The van der Waals surface area contributed by atoms with Crippen molar-refractivity contribution in [2.45, 2.75) is 37.8 Å². The number of halogens is 1. The van der Waals surface area contributed by atoms with E-state index >= 15 is 0 Å². The average Bonchev–Trinajstić information content (AvgIpc) is 2.41. The molecule has 0 unspecified atom stereocenters. The van der Waals surface area contributed by atoms with Gasteiger partial charge in [0, 0.05) is 34.4 Å². The molecule has 0 radical (unpaired) electrons. The van der Waals surface area contributed by atoms with Crippen LogP contribution >= 0.6 is 11.6 Å². The van der Waals surface area contributed by atoms with Crippen LogP contribution in [0.3, 0.4) is 0 Å². The molecule has 1 aliphatic rings. The highest BCUT2D eigenvalue weighted by Crippen LogP contribution is 2.27. The summed E-state index contributed by atoms with van der Waals surface area (Å²) in [7, 11) is 0. The minimum atomic E-state index is 0.240. The lowest BCUT2D eigenvalue weighted by Crippen LogP contribution is -2.42. The molecule has 0 aliphatic heterocycles. The van der Waals surface area contributed by atoms with Gasteiger partial charge < -0.3 is 11.1 Å². The van der Waals surface area contributed by atoms with Crippen LogP contribution in [-0.4, -0.2) is 17.1 Å². The Kier molecular flexibility index (Phi) is 3.58. The van der Waals surface area contributed by atoms with Crippen LogP contribution < -0.4 is 11.1 Å². The van der Waals surface area contributed by atoms with Crippen molar-refractivity contribution in [1.29, 1.82) is 0 Å². The number of nitrogens with one attached hydrogen (secondary N) is 1. The van der Waals surface area contributed by atoms with Gasteiger partial charge in [-0.05, 0) is 37.1 Å². The number of nitrogens with two attached hydrogens (primary N) is 1. The molecule has 0 bridgehead atoms. The monoisotopic (exact) mass is 275 g/mol. The summed E-state index contributed by atoms with van der Waals surface area (Å²) in [6.07, 6.45) is 6.55. The van der Waals surface area contributed by atoms with Crippen molar-refractivity contribution in [1.82, 2.24) is 4.98 Å². The molecule has 2 atom stereocenters. The van der Waals surface area contributed by atoms with Crippen molar-refractivity contribution in [2.24, 2.45) is 5.73 Å². The number of rotatable bonds is 2. The van der Waals surface area contributed by atoms with Crippen molar-refractivity contribution < 1.29 is 0 Å². The quantitative estimate of drug-likeness (QED) is 0.881. The Hall–Kier alpha value is -1.32. The zero-order chi connectivity index (χ0) is 13.2. The third kappa shape index (κ3) is 2.67. The van der Waals surface area contributed by atoms with Gasteiger partial charge in [-0.3, -0.25) is 4.98 Å². The van der Waals surface area contributed by atoms with E-state index in [0.29, 0.717) is 11.1 Å². The van der Waals surface area contributed by atoms with Gasteiger partial charge in [0.25, 0.3) is 0 Å². The summed E-state index contributed by atoms with van der Waals surface area (Å²) in [5.74, 6) is 0. The van der Waals surface area contributed by atoms with Crippen LogP contribution in [-0.2, 0) is 0 Å². The third-order valence-corrected chi connectivity index (χ3v) is 4.10. The van der Waals surface area contributed by atoms with Gasteiger partial charge in [0.05, 0.1) is 5.52 Å². The summed E-state index contributed by atoms with van der Waals surface area (Å²) >= 11 is 6.01. The highest BCUT2D eigenvalue weighted by atomic mass is 35.5. The summed E-state index contributed by atoms with van der Waals surface area (Å²) in [6.45, 7) is 0. The SMILES string of the molecule is N[C@@H]1CCCC[C@H]1Nc1ccnc2cc(Cl)ccc12. The van der Waals surface area contributed by atoms with Gasteiger partial charge in [-0.2, -0.15) is 0 Å². The Labute approximate surface area is 118 Å². The molecule has 3 nitrogen and oxygen atoms in total. The number of pyridine rings is 1. The number of benzene rings is 1. The van der Waals surface area contributed by atoms with Gasteiger partial charge in [0.1, 0.15) is 0 Å². The van der Waals surface area contributed by atoms with Crippen LogP contribution in [0.1, 0.15) is 25.7 Å². The fraction of sp³-hybridized carbons (Fsp3) is 0.400. The Morgan fingerprint density at radius 2 is 2.05 bits per heavy atom. The van der Waals surface area contributed by atoms with E-state index in [0.717, 1.165) is 29.4 Å². The first-order valence-electron chi connectivity index (χ1n) is 6.80. The second-order valence-electron chi connectivity index (χ2n) is 5.22. The fourth-order valence-corrected chi connectivity index (χ4v) is 2.95. The summed E-state index contributed by atoms with van der Waals surface area (Å²) in [5.41, 5.74) is 8.22. The van der Waals surface area contributed by atoms with Crippen LogP contribution in [0.4, 0.5) is 5.69 Å². The Morgan fingerprint density at radius 3 is 2.89 bits per heavy atom. The maximum atomic E-state index is 6.20. The van der Waals surface area contributed by atoms with Crippen LogP contribution in [0.5, 0.6) is 0 Å². The molecular weight excluding hydrogens is 258 g/mol. The maximum Gasteiger partial charge on any atom is 0.0737 e. The lowest BCUT2D eigenvalue weighted by atomic mass is 9.91. The highest BCUT2D eigenvalue weighted by molar-refractivity contribution is 6.31. The first-order chi connectivity index (χ1) is 9.24. The number of fused-ring (bicyclic) bond motifs is 1. The molecule has 100 valence electrons. The predicted octanol–water partition coefficient (Wildman–Crippen LogP) is 3.57. The van der Waals surface area contributed by atoms with E-state index in [1.54, 1.807) is 0 Å². The second kappa shape index (κ2) is 5.35. The summed E-state index contributed by atoms with van der Waals surface area (Å²) < 4.78 is 0. The molecule has 2 aromatic rings. The molecular formula is C15H18ClN3. The van der Waals surface area contributed by atoms with E-state index in [1.165, 1.54) is 12.8 Å². The molecule has 3 N–H and O–H groups in total. The smallest absolute Gasteiger partial charge is 0.0737 e. The van der Waals surface area contributed by atoms with E-state index < -0.39 is 0 Å². The third-order valence-electron chi connectivity index (χ3n) is 3.87. The van der Waals surface area contributed by atoms with Crippen molar-refractivity contribution >= 4 is 28.2 Å². The lowest BCUT2D eigenvalue weighted by Gasteiger charge is -2.30. The largest absolute Gasteiger partial charge is 0.380 e. The Bertz CT molecular complexity index is 585. The highest BCUT2D eigenvalue weighted by Gasteiger charge is 2.21. The first-order valence-corrected chi connectivity index (χ1v) is 7.18. The molecule has 1 fully saturated rings. The Morgan fingerprint density at radius 1 is 1.21 bits per heavy atom. The molecule has 4 heteroatoms. The van der Waals surface area contributed by atoms with Gasteiger partial charge in [-0.25, -0.2) is 0 Å². The zero-order valence-electron chi connectivity index (χ0n) is 10.8. The van der Waals surface area contributed by atoms with Crippen molar-refractivity contribution in [3.8, 4) is 0 Å². The predicted molar refractivity (Wildman–Crippen MR) is 80.6 cm³/mol. The summed E-state index contributed by atoms with van der Waals surface area (Å²) in [5, 5.41) is 5.40. The van der Waals surface area contributed by atoms with Gasteiger partial charge in [0.15, 0.2) is 0 Å². The molecule has 1 aromatic heterocycles. The van der Waals surface area contributed by atoms with Gasteiger partial charge in [-0.15, -0.1) is 0 Å². The first kappa shape index (κ1) is 12.7. The van der Waals surface area contributed by atoms with Gasteiger partial charge >= 0.3 is 0 Å². The van der Waals surface area contributed by atoms with Crippen LogP contribution in [0, 0.1) is 0 Å². The molecule has 0 saturated heterocycles. The lowest BCUT2D eigenvalue weighted by molar-refractivity contribution is 0.404. The van der Waals surface area contributed by atoms with E-state index in [-0.39, 0.29) is 6.04 Å². The number of hydrogen-bond donors (Lipinski definition) is 2. The van der Waals surface area contributed by atoms with E-state index in [1.807, 2.05) is 30.5 Å². The molecule has 19 heavy (non-hydrogen) atoms. The minimum absolute atomic E-state index is 0.240. The molecule has 1 aliphatic carbocycles. The normalized spacial score (nSPS) is 23.5. The van der Waals surface area contributed by atoms with Gasteiger partial charge in [-0.1, -0.05) is 24.4 Å². The molecule has 1 heterocycles. The number of nitrogens with zero attached hydrogens (tertiary/aromatic N) is 1. The summed E-state index contributed by atoms with van der Waals surface area (Å²) in [6, 6.07) is 8.42. The molecule has 0 amide bonds. The van der Waals surface area contributed by atoms with Crippen molar-refractivity contribution in [3.63, 3.8) is 0 Å². The number of anilines is 1. The van der Waals surface area contributed by atoms with E-state index in [4.69, 9.17) is 17.3 Å². The summed E-state index contributed by atoms with van der Waals surface area (Å²) in [4.78, 5) is 4.36. The molecule has 1 saturated carbocycles. The van der Waals surface area contributed by atoms with E-state index in [9.17, 15) is 0 Å². The van der Waals surface area contributed by atoms with Crippen LogP contribution in [0.25, 0.3) is 10.9 Å². The average molecular weight is 276 g/mol.